The number of aliphatic carboxylic acids is 4. The Kier molecular flexibility index (Phi) is 15.6. The fraction of sp³-hybridized carbons (Fsp3) is 0.700. The lowest BCUT2D eigenvalue weighted by Crippen LogP contribution is -2.43. The lowest BCUT2D eigenvalue weighted by atomic mass is 9.96. The van der Waals surface area contributed by atoms with Crippen LogP contribution < -0.4 is 0 Å². The standard InChI is InChI=1S/C20H30O17/c21-13(22)9-19(31,17(27)28)11-15(25)36-7-5-34-3-1-33-2-4-35-6-8-37-16(26)12-20(32,18(29)30)10-14(23)24/h31-32H,1-12H2,(H,21,22)(H,23,24)(H,27,28)(H,29,30). The van der Waals surface area contributed by atoms with Crippen molar-refractivity contribution in [2.75, 3.05) is 52.9 Å². The van der Waals surface area contributed by atoms with Crippen LogP contribution in [0.15, 0.2) is 0 Å². The summed E-state index contributed by atoms with van der Waals surface area (Å²) in [5.41, 5.74) is -5.57. The molecule has 0 saturated carbocycles. The molecule has 0 saturated heterocycles. The maximum Gasteiger partial charge on any atom is 0.336 e. The Morgan fingerprint density at radius 1 is 0.459 bits per heavy atom. The Labute approximate surface area is 209 Å². The number of carboxylic acids is 4. The SMILES string of the molecule is O=C(O)CC(O)(CC(=O)OCCOCCOCCOCCOC(=O)CC(O)(CC(=O)O)C(=O)O)C(=O)O. The van der Waals surface area contributed by atoms with E-state index in [0.29, 0.717) is 0 Å². The molecule has 6 N–H and O–H groups in total. The van der Waals surface area contributed by atoms with Crippen LogP contribution in [0.4, 0.5) is 0 Å². The first-order chi connectivity index (χ1) is 17.2. The number of carbonyl (C=O) groups excluding carboxylic acids is 2. The molecule has 0 aliphatic heterocycles. The normalized spacial score (nSPS) is 14.1. The highest BCUT2D eigenvalue weighted by Crippen LogP contribution is 2.18. The molecule has 2 atom stereocenters. The van der Waals surface area contributed by atoms with Crippen molar-refractivity contribution in [3.8, 4) is 0 Å². The van der Waals surface area contributed by atoms with Gasteiger partial charge in [-0.1, -0.05) is 0 Å². The Hall–Kier alpha value is -3.38. The average Bonchev–Trinajstić information content (AvgIpc) is 2.75. The molecule has 0 bridgehead atoms. The highest BCUT2D eigenvalue weighted by molar-refractivity contribution is 5.89. The number of hydrogen-bond acceptors (Lipinski definition) is 13. The van der Waals surface area contributed by atoms with Gasteiger partial charge in [0.15, 0.2) is 11.2 Å². The highest BCUT2D eigenvalue weighted by Gasteiger charge is 2.42. The molecule has 37 heavy (non-hydrogen) atoms. The van der Waals surface area contributed by atoms with E-state index in [-0.39, 0.29) is 52.9 Å². The predicted molar refractivity (Wildman–Crippen MR) is 113 cm³/mol. The van der Waals surface area contributed by atoms with Crippen LogP contribution in [0.5, 0.6) is 0 Å². The summed E-state index contributed by atoms with van der Waals surface area (Å²) >= 11 is 0. The van der Waals surface area contributed by atoms with E-state index in [2.05, 4.69) is 9.47 Å². The molecule has 0 fully saturated rings. The first kappa shape index (κ1) is 33.6. The van der Waals surface area contributed by atoms with Crippen LogP contribution in [0.1, 0.15) is 25.7 Å². The van der Waals surface area contributed by atoms with Crippen molar-refractivity contribution in [1.82, 2.24) is 0 Å². The minimum atomic E-state index is -2.78. The summed E-state index contributed by atoms with van der Waals surface area (Å²) in [6, 6.07) is 0. The van der Waals surface area contributed by atoms with E-state index in [1.165, 1.54) is 0 Å². The van der Waals surface area contributed by atoms with Gasteiger partial charge in [-0.25, -0.2) is 9.59 Å². The van der Waals surface area contributed by atoms with Crippen LogP contribution in [-0.2, 0) is 52.5 Å². The first-order valence-corrected chi connectivity index (χ1v) is 10.6. The van der Waals surface area contributed by atoms with Gasteiger partial charge < -0.3 is 54.3 Å². The monoisotopic (exact) mass is 542 g/mol. The molecule has 212 valence electrons. The van der Waals surface area contributed by atoms with E-state index in [9.17, 15) is 39.0 Å². The van der Waals surface area contributed by atoms with Gasteiger partial charge in [-0.2, -0.15) is 0 Å². The molecule has 0 aliphatic carbocycles. The van der Waals surface area contributed by atoms with Crippen molar-refractivity contribution in [1.29, 1.82) is 0 Å². The maximum absolute atomic E-state index is 11.6. The Balaban J connectivity index is 3.79. The van der Waals surface area contributed by atoms with Gasteiger partial charge in [-0.3, -0.25) is 19.2 Å². The smallest absolute Gasteiger partial charge is 0.336 e. The van der Waals surface area contributed by atoms with Crippen molar-refractivity contribution in [2.24, 2.45) is 0 Å². The predicted octanol–water partition coefficient (Wildman–Crippen LogP) is -2.52. The minimum Gasteiger partial charge on any atom is -0.481 e. The van der Waals surface area contributed by atoms with E-state index in [1.54, 1.807) is 0 Å². The molecular weight excluding hydrogens is 512 g/mol. The van der Waals surface area contributed by atoms with E-state index in [4.69, 9.17) is 34.6 Å². The number of ether oxygens (including phenoxy) is 5. The van der Waals surface area contributed by atoms with Crippen molar-refractivity contribution >= 4 is 35.8 Å². The quantitative estimate of drug-likeness (QED) is 0.0608. The van der Waals surface area contributed by atoms with Crippen molar-refractivity contribution in [2.45, 2.75) is 36.9 Å². The van der Waals surface area contributed by atoms with Gasteiger partial charge in [0, 0.05) is 0 Å². The van der Waals surface area contributed by atoms with Crippen LogP contribution >= 0.6 is 0 Å². The molecule has 0 aliphatic rings. The summed E-state index contributed by atoms with van der Waals surface area (Å²) in [6.45, 7) is -0.267. The molecule has 0 radical (unpaired) electrons. The number of carboxylic acid groups (broad SMARTS) is 4. The van der Waals surface area contributed by atoms with E-state index in [0.717, 1.165) is 0 Å². The largest absolute Gasteiger partial charge is 0.481 e. The van der Waals surface area contributed by atoms with Crippen LogP contribution in [0.25, 0.3) is 0 Å². The molecule has 0 aromatic carbocycles. The zero-order chi connectivity index (χ0) is 28.5. The van der Waals surface area contributed by atoms with Gasteiger partial charge in [0.25, 0.3) is 0 Å². The molecule has 0 heterocycles. The number of esters is 2. The van der Waals surface area contributed by atoms with Gasteiger partial charge in [0.2, 0.25) is 0 Å². The second-order valence-electron chi connectivity index (χ2n) is 7.45. The summed E-state index contributed by atoms with van der Waals surface area (Å²) in [7, 11) is 0. The molecule has 2 unspecified atom stereocenters. The molecule has 0 rings (SSSR count). The molecule has 17 heteroatoms. The van der Waals surface area contributed by atoms with E-state index >= 15 is 0 Å². The van der Waals surface area contributed by atoms with Gasteiger partial charge >= 0.3 is 35.8 Å². The fourth-order valence-electron chi connectivity index (χ4n) is 2.48. The van der Waals surface area contributed by atoms with Gasteiger partial charge in [0.1, 0.15) is 13.2 Å². The number of hydrogen-bond donors (Lipinski definition) is 6. The van der Waals surface area contributed by atoms with Gasteiger partial charge in [0.05, 0.1) is 65.3 Å². The summed E-state index contributed by atoms with van der Waals surface area (Å²) in [4.78, 5) is 66.3. The van der Waals surface area contributed by atoms with E-state index in [1.807, 2.05) is 0 Å². The number of aliphatic hydroxyl groups is 2. The Bertz CT molecular complexity index is 732. The third-order valence-electron chi connectivity index (χ3n) is 4.28. The van der Waals surface area contributed by atoms with E-state index < -0.39 is 72.7 Å². The third kappa shape index (κ3) is 15.4. The summed E-state index contributed by atoms with van der Waals surface area (Å²) in [6.07, 6.45) is -4.45. The second-order valence-corrected chi connectivity index (χ2v) is 7.45. The highest BCUT2D eigenvalue weighted by atomic mass is 16.6. The molecule has 0 aromatic heterocycles. The van der Waals surface area contributed by atoms with Crippen molar-refractivity contribution in [3.05, 3.63) is 0 Å². The van der Waals surface area contributed by atoms with Crippen LogP contribution in [0, 0.1) is 0 Å². The zero-order valence-corrected chi connectivity index (χ0v) is 19.7. The van der Waals surface area contributed by atoms with Crippen LogP contribution in [0.2, 0.25) is 0 Å². The summed E-state index contributed by atoms with van der Waals surface area (Å²) < 4.78 is 24.7. The molecule has 0 spiro atoms. The zero-order valence-electron chi connectivity index (χ0n) is 19.7. The molecular formula is C20H30O17. The number of carbonyl (C=O) groups is 6. The van der Waals surface area contributed by atoms with Gasteiger partial charge in [-0.05, 0) is 0 Å². The van der Waals surface area contributed by atoms with Crippen molar-refractivity contribution in [3.63, 3.8) is 0 Å². The van der Waals surface area contributed by atoms with Gasteiger partial charge in [-0.15, -0.1) is 0 Å². The Morgan fingerprint density at radius 2 is 0.730 bits per heavy atom. The lowest BCUT2D eigenvalue weighted by molar-refractivity contribution is -0.172. The topological polar surface area (TPSA) is 270 Å². The molecule has 17 nitrogen and oxygen atoms in total. The summed E-state index contributed by atoms with van der Waals surface area (Å²) in [5, 5.41) is 54.4. The Morgan fingerprint density at radius 3 is 0.973 bits per heavy atom. The van der Waals surface area contributed by atoms with Crippen LogP contribution in [-0.4, -0.2) is 131 Å². The molecule has 0 amide bonds. The average molecular weight is 542 g/mol. The molecule has 0 aromatic rings. The third-order valence-corrected chi connectivity index (χ3v) is 4.28. The van der Waals surface area contributed by atoms with Crippen molar-refractivity contribution < 1.29 is 83.1 Å². The first-order valence-electron chi connectivity index (χ1n) is 10.6. The number of rotatable bonds is 22. The fourth-order valence-corrected chi connectivity index (χ4v) is 2.48. The second kappa shape index (κ2) is 17.1. The maximum atomic E-state index is 11.6. The summed E-state index contributed by atoms with van der Waals surface area (Å²) in [5.74, 6) is -9.18. The lowest BCUT2D eigenvalue weighted by Gasteiger charge is -2.20. The minimum absolute atomic E-state index is 0.0785. The van der Waals surface area contributed by atoms with Crippen LogP contribution in [0.3, 0.4) is 0 Å².